The van der Waals surface area contributed by atoms with Crippen LogP contribution < -0.4 is 0 Å². The first-order valence-electron chi connectivity index (χ1n) is 7.24. The van der Waals surface area contributed by atoms with E-state index in [0.29, 0.717) is 0 Å². The van der Waals surface area contributed by atoms with Crippen LogP contribution >= 0.6 is 0 Å². The molecule has 2 aliphatic heterocycles. The Kier molecular flexibility index (Phi) is 4.31. The molecule has 1 aromatic rings. The SMILES string of the molecule is COC(=O)c1cn([C@H]2CCN(CC3=CCCOC3)C2)nn1. The van der Waals surface area contributed by atoms with Crippen molar-refractivity contribution in [3.05, 3.63) is 23.5 Å². The van der Waals surface area contributed by atoms with Gasteiger partial charge in [0.2, 0.25) is 0 Å². The molecule has 0 aromatic carbocycles. The van der Waals surface area contributed by atoms with E-state index in [-0.39, 0.29) is 11.7 Å². The first kappa shape index (κ1) is 14.2. The van der Waals surface area contributed by atoms with Crippen LogP contribution in [0.25, 0.3) is 0 Å². The molecule has 0 spiro atoms. The van der Waals surface area contributed by atoms with E-state index in [2.05, 4.69) is 26.0 Å². The molecule has 0 saturated carbocycles. The smallest absolute Gasteiger partial charge is 0.360 e. The number of ether oxygens (including phenoxy) is 2. The van der Waals surface area contributed by atoms with Crippen LogP contribution in [0.4, 0.5) is 0 Å². The average Bonchev–Trinajstić information content (AvgIpc) is 3.16. The third-order valence-electron chi connectivity index (χ3n) is 3.94. The van der Waals surface area contributed by atoms with E-state index in [1.807, 2.05) is 0 Å². The summed E-state index contributed by atoms with van der Waals surface area (Å²) < 4.78 is 11.9. The molecule has 0 aliphatic carbocycles. The van der Waals surface area contributed by atoms with Gasteiger partial charge in [0.05, 0.1) is 32.6 Å². The van der Waals surface area contributed by atoms with Gasteiger partial charge in [-0.2, -0.15) is 0 Å². The highest BCUT2D eigenvalue weighted by Gasteiger charge is 2.26. The van der Waals surface area contributed by atoms with Crippen LogP contribution in [0, 0.1) is 0 Å². The van der Waals surface area contributed by atoms with Gasteiger partial charge in [-0.25, -0.2) is 9.48 Å². The zero-order chi connectivity index (χ0) is 14.7. The number of aromatic nitrogens is 3. The first-order valence-corrected chi connectivity index (χ1v) is 7.24. The lowest BCUT2D eigenvalue weighted by Gasteiger charge is -2.20. The van der Waals surface area contributed by atoms with Gasteiger partial charge in [-0.15, -0.1) is 5.10 Å². The van der Waals surface area contributed by atoms with Crippen molar-refractivity contribution in [1.29, 1.82) is 0 Å². The van der Waals surface area contributed by atoms with Crippen molar-refractivity contribution >= 4 is 5.97 Å². The lowest BCUT2D eigenvalue weighted by molar-refractivity contribution is 0.0594. The van der Waals surface area contributed by atoms with Crippen molar-refractivity contribution < 1.29 is 14.3 Å². The largest absolute Gasteiger partial charge is 0.464 e. The summed E-state index contributed by atoms with van der Waals surface area (Å²) >= 11 is 0. The van der Waals surface area contributed by atoms with Crippen LogP contribution in [0.2, 0.25) is 0 Å². The van der Waals surface area contributed by atoms with E-state index in [0.717, 1.165) is 45.7 Å². The van der Waals surface area contributed by atoms with Crippen molar-refractivity contribution in [2.24, 2.45) is 0 Å². The van der Waals surface area contributed by atoms with E-state index in [9.17, 15) is 4.79 Å². The lowest BCUT2D eigenvalue weighted by atomic mass is 10.2. The van der Waals surface area contributed by atoms with Gasteiger partial charge in [-0.3, -0.25) is 4.90 Å². The quantitative estimate of drug-likeness (QED) is 0.600. The molecule has 0 N–H and O–H groups in total. The molecule has 0 amide bonds. The Morgan fingerprint density at radius 1 is 1.57 bits per heavy atom. The summed E-state index contributed by atoms with van der Waals surface area (Å²) in [7, 11) is 1.35. The number of methoxy groups -OCH3 is 1. The van der Waals surface area contributed by atoms with Crippen LogP contribution in [-0.4, -0.2) is 65.8 Å². The highest BCUT2D eigenvalue weighted by atomic mass is 16.5. The highest BCUT2D eigenvalue weighted by molar-refractivity contribution is 5.86. The zero-order valence-corrected chi connectivity index (χ0v) is 12.2. The maximum Gasteiger partial charge on any atom is 0.360 e. The van der Waals surface area contributed by atoms with Gasteiger partial charge < -0.3 is 9.47 Å². The summed E-state index contributed by atoms with van der Waals surface area (Å²) in [5, 5.41) is 7.91. The van der Waals surface area contributed by atoms with Crippen LogP contribution in [-0.2, 0) is 9.47 Å². The highest BCUT2D eigenvalue weighted by Crippen LogP contribution is 2.22. The van der Waals surface area contributed by atoms with Gasteiger partial charge in [-0.1, -0.05) is 11.3 Å². The zero-order valence-electron chi connectivity index (χ0n) is 12.2. The second kappa shape index (κ2) is 6.36. The van der Waals surface area contributed by atoms with E-state index >= 15 is 0 Å². The molecular weight excluding hydrogens is 272 g/mol. The fraction of sp³-hybridized carbons (Fsp3) is 0.643. The van der Waals surface area contributed by atoms with Gasteiger partial charge in [0.15, 0.2) is 5.69 Å². The molecule has 1 saturated heterocycles. The first-order chi connectivity index (χ1) is 10.3. The predicted molar refractivity (Wildman–Crippen MR) is 75.0 cm³/mol. The number of hydrogen-bond acceptors (Lipinski definition) is 6. The number of hydrogen-bond donors (Lipinski definition) is 0. The third-order valence-corrected chi connectivity index (χ3v) is 3.94. The molecule has 7 heteroatoms. The molecule has 2 aliphatic rings. The molecular formula is C14H20N4O3. The second-order valence-corrected chi connectivity index (χ2v) is 5.46. The Bertz CT molecular complexity index is 540. The Morgan fingerprint density at radius 3 is 3.24 bits per heavy atom. The van der Waals surface area contributed by atoms with Crippen LogP contribution in [0.3, 0.4) is 0 Å². The Hall–Kier alpha value is -1.73. The normalized spacial score (nSPS) is 23.1. The van der Waals surface area contributed by atoms with Crippen molar-refractivity contribution in [1.82, 2.24) is 19.9 Å². The molecule has 114 valence electrons. The Morgan fingerprint density at radius 2 is 2.48 bits per heavy atom. The summed E-state index contributed by atoms with van der Waals surface area (Å²) in [4.78, 5) is 13.8. The van der Waals surface area contributed by atoms with E-state index in [1.165, 1.54) is 12.7 Å². The van der Waals surface area contributed by atoms with E-state index in [4.69, 9.17) is 4.74 Å². The molecule has 0 bridgehead atoms. The average molecular weight is 292 g/mol. The van der Waals surface area contributed by atoms with Crippen LogP contribution in [0.5, 0.6) is 0 Å². The molecule has 21 heavy (non-hydrogen) atoms. The summed E-state index contributed by atoms with van der Waals surface area (Å²) in [6.45, 7) is 4.48. The maximum absolute atomic E-state index is 11.4. The summed E-state index contributed by atoms with van der Waals surface area (Å²) in [6.07, 6.45) is 5.97. The van der Waals surface area contributed by atoms with Gasteiger partial charge >= 0.3 is 5.97 Å². The fourth-order valence-corrected chi connectivity index (χ4v) is 2.83. The molecule has 7 nitrogen and oxygen atoms in total. The van der Waals surface area contributed by atoms with Gasteiger partial charge in [0, 0.05) is 19.6 Å². The van der Waals surface area contributed by atoms with Gasteiger partial charge in [-0.05, 0) is 18.4 Å². The molecule has 0 unspecified atom stereocenters. The molecule has 1 aromatic heterocycles. The van der Waals surface area contributed by atoms with E-state index < -0.39 is 5.97 Å². The number of esters is 1. The Labute approximate surface area is 123 Å². The van der Waals surface area contributed by atoms with Crippen LogP contribution in [0.1, 0.15) is 29.4 Å². The summed E-state index contributed by atoms with van der Waals surface area (Å²) in [6, 6.07) is 0.265. The van der Waals surface area contributed by atoms with Crippen molar-refractivity contribution in [3.63, 3.8) is 0 Å². The monoisotopic (exact) mass is 292 g/mol. The number of nitrogens with zero attached hydrogens (tertiary/aromatic N) is 4. The summed E-state index contributed by atoms with van der Waals surface area (Å²) in [5.41, 5.74) is 1.62. The number of carbonyl (C=O) groups excluding carboxylic acids is 1. The van der Waals surface area contributed by atoms with Crippen molar-refractivity contribution in [2.45, 2.75) is 18.9 Å². The predicted octanol–water partition coefficient (Wildman–Crippen LogP) is 0.658. The molecule has 1 atom stereocenters. The number of rotatable bonds is 4. The van der Waals surface area contributed by atoms with Gasteiger partial charge in [0.1, 0.15) is 0 Å². The molecule has 1 fully saturated rings. The fourth-order valence-electron chi connectivity index (χ4n) is 2.83. The molecule has 3 heterocycles. The van der Waals surface area contributed by atoms with E-state index in [1.54, 1.807) is 10.9 Å². The van der Waals surface area contributed by atoms with Gasteiger partial charge in [0.25, 0.3) is 0 Å². The number of likely N-dealkylation sites (tertiary alicyclic amines) is 1. The molecule has 3 rings (SSSR count). The minimum Gasteiger partial charge on any atom is -0.464 e. The third kappa shape index (κ3) is 3.30. The molecule has 0 radical (unpaired) electrons. The van der Waals surface area contributed by atoms with Crippen molar-refractivity contribution in [2.75, 3.05) is 40.0 Å². The Balaban J connectivity index is 1.57. The minimum atomic E-state index is -0.444. The maximum atomic E-state index is 11.4. The number of carbonyl (C=O) groups is 1. The van der Waals surface area contributed by atoms with Crippen molar-refractivity contribution in [3.8, 4) is 0 Å². The topological polar surface area (TPSA) is 69.5 Å². The minimum absolute atomic E-state index is 0.263. The standard InChI is InChI=1S/C14H20N4O3/c1-20-14(19)13-9-18(16-15-13)12-4-5-17(8-12)7-11-3-2-6-21-10-11/h3,9,12H,2,4-8,10H2,1H3/t12-/m0/s1. The summed E-state index contributed by atoms with van der Waals surface area (Å²) in [5.74, 6) is -0.444. The second-order valence-electron chi connectivity index (χ2n) is 5.46. The van der Waals surface area contributed by atoms with Crippen LogP contribution in [0.15, 0.2) is 17.8 Å². The lowest BCUT2D eigenvalue weighted by Crippen LogP contribution is -2.26.